The number of benzene rings is 1. The first-order valence-electron chi connectivity index (χ1n) is 4.06. The van der Waals surface area contributed by atoms with Crippen molar-refractivity contribution in [2.75, 3.05) is 6.26 Å². The first kappa shape index (κ1) is 14.2. The average molecular weight is 244 g/mol. The number of rotatable bonds is 1. The van der Waals surface area contributed by atoms with Gasteiger partial charge in [0.15, 0.2) is 23.3 Å². The Morgan fingerprint density at radius 2 is 0.933 bits per heavy atom. The van der Waals surface area contributed by atoms with Gasteiger partial charge in [-0.3, -0.25) is 0 Å². The molecule has 0 aromatic heterocycles. The molecule has 86 valence electrons. The number of hydrogen-bond acceptors (Lipinski definition) is 1. The minimum Gasteiger partial charge on any atom is -0.202 e. The van der Waals surface area contributed by atoms with Crippen molar-refractivity contribution in [2.24, 2.45) is 0 Å². The van der Waals surface area contributed by atoms with Crippen LogP contribution < -0.4 is 0 Å². The smallest absolute Gasteiger partial charge is 0.200 e. The van der Waals surface area contributed by atoms with E-state index >= 15 is 0 Å². The summed E-state index contributed by atoms with van der Waals surface area (Å²) in [5.74, 6) is -9.54. The molecule has 0 nitrogen and oxygen atoms in total. The van der Waals surface area contributed by atoms with Crippen molar-refractivity contribution in [3.8, 4) is 0 Å². The molecule has 0 aliphatic carbocycles. The lowest BCUT2D eigenvalue weighted by molar-refractivity contribution is 0.361. The van der Waals surface area contributed by atoms with Gasteiger partial charge in [-0.1, -0.05) is 13.8 Å². The van der Waals surface area contributed by atoms with Gasteiger partial charge in [0.05, 0.1) is 4.90 Å². The first-order valence-corrected chi connectivity index (χ1v) is 5.28. The van der Waals surface area contributed by atoms with Gasteiger partial charge in [0, 0.05) is 0 Å². The van der Waals surface area contributed by atoms with Crippen molar-refractivity contribution in [3.63, 3.8) is 0 Å². The normalized spacial score (nSPS) is 9.60. The lowest BCUT2D eigenvalue weighted by Crippen LogP contribution is -2.02. The lowest BCUT2D eigenvalue weighted by atomic mass is 10.3. The second kappa shape index (κ2) is 5.95. The maximum absolute atomic E-state index is 12.7. The Hall–Kier alpha value is -0.780. The van der Waals surface area contributed by atoms with E-state index in [2.05, 4.69) is 0 Å². The number of halogens is 5. The van der Waals surface area contributed by atoms with E-state index in [1.807, 2.05) is 13.8 Å². The molecule has 0 N–H and O–H groups in total. The molecule has 0 aliphatic heterocycles. The summed E-state index contributed by atoms with van der Waals surface area (Å²) in [4.78, 5) is -0.864. The molecule has 1 rings (SSSR count). The molecule has 0 unspecified atom stereocenters. The van der Waals surface area contributed by atoms with E-state index < -0.39 is 34.0 Å². The molecule has 0 atom stereocenters. The molecular weight excluding hydrogens is 235 g/mol. The van der Waals surface area contributed by atoms with E-state index in [-0.39, 0.29) is 0 Å². The molecule has 1 aromatic carbocycles. The summed E-state index contributed by atoms with van der Waals surface area (Å²) >= 11 is 0.462. The molecule has 6 heteroatoms. The molecule has 0 fully saturated rings. The van der Waals surface area contributed by atoms with Gasteiger partial charge in [-0.05, 0) is 6.26 Å². The van der Waals surface area contributed by atoms with E-state index in [1.54, 1.807) is 0 Å². The van der Waals surface area contributed by atoms with E-state index in [9.17, 15) is 22.0 Å². The second-order valence-corrected chi connectivity index (χ2v) is 2.92. The molecule has 0 amide bonds. The maximum Gasteiger partial charge on any atom is 0.200 e. The van der Waals surface area contributed by atoms with Crippen LogP contribution in [0.1, 0.15) is 13.8 Å². The highest BCUT2D eigenvalue weighted by molar-refractivity contribution is 7.98. The van der Waals surface area contributed by atoms with Crippen molar-refractivity contribution in [1.29, 1.82) is 0 Å². The fourth-order valence-electron chi connectivity index (χ4n) is 0.764. The standard InChI is InChI=1S/C7H3F5S.C2H6/c1-13-7-5(11)3(9)2(8)4(10)6(7)12;1-2/h1H3;1-2H3. The predicted molar refractivity (Wildman–Crippen MR) is 49.4 cm³/mol. The Balaban J connectivity index is 0.000000921. The topological polar surface area (TPSA) is 0 Å². The van der Waals surface area contributed by atoms with Crippen LogP contribution in [0.3, 0.4) is 0 Å². The second-order valence-electron chi connectivity index (χ2n) is 2.10. The molecule has 0 radical (unpaired) electrons. The summed E-state index contributed by atoms with van der Waals surface area (Å²) in [5.41, 5.74) is 0. The number of thioether (sulfide) groups is 1. The largest absolute Gasteiger partial charge is 0.202 e. The SMILES string of the molecule is CC.CSc1c(F)c(F)c(F)c(F)c1F. The van der Waals surface area contributed by atoms with Crippen molar-refractivity contribution in [1.82, 2.24) is 0 Å². The van der Waals surface area contributed by atoms with Crippen molar-refractivity contribution in [3.05, 3.63) is 29.1 Å². The summed E-state index contributed by atoms with van der Waals surface area (Å²) in [6.45, 7) is 4.00. The first-order chi connectivity index (χ1) is 7.00. The summed E-state index contributed by atoms with van der Waals surface area (Å²) in [6, 6.07) is 0. The molecule has 0 aliphatic rings. The molecule has 0 bridgehead atoms. The molecule has 15 heavy (non-hydrogen) atoms. The van der Waals surface area contributed by atoms with Gasteiger partial charge in [-0.25, -0.2) is 22.0 Å². The zero-order valence-electron chi connectivity index (χ0n) is 8.30. The van der Waals surface area contributed by atoms with Crippen molar-refractivity contribution >= 4 is 11.8 Å². The fourth-order valence-corrected chi connectivity index (χ4v) is 1.30. The third-order valence-corrected chi connectivity index (χ3v) is 2.14. The van der Waals surface area contributed by atoms with Gasteiger partial charge in [0.1, 0.15) is 0 Å². The van der Waals surface area contributed by atoms with Crippen LogP contribution in [0.25, 0.3) is 0 Å². The van der Waals surface area contributed by atoms with Crippen LogP contribution in [0, 0.1) is 29.1 Å². The van der Waals surface area contributed by atoms with Crippen LogP contribution in [0.4, 0.5) is 22.0 Å². The molecule has 0 spiro atoms. The molecule has 1 aromatic rings. The number of hydrogen-bond donors (Lipinski definition) is 0. The van der Waals surface area contributed by atoms with E-state index in [0.717, 1.165) is 0 Å². The Bertz CT molecular complexity index is 322. The zero-order valence-corrected chi connectivity index (χ0v) is 9.11. The highest BCUT2D eigenvalue weighted by Crippen LogP contribution is 2.28. The van der Waals surface area contributed by atoms with E-state index in [1.165, 1.54) is 6.26 Å². The summed E-state index contributed by atoms with van der Waals surface area (Å²) < 4.78 is 62.5. The lowest BCUT2D eigenvalue weighted by Gasteiger charge is -2.04. The maximum atomic E-state index is 12.7. The highest BCUT2D eigenvalue weighted by Gasteiger charge is 2.24. The Morgan fingerprint density at radius 1 is 0.667 bits per heavy atom. The zero-order chi connectivity index (χ0) is 12.2. The Morgan fingerprint density at radius 3 is 1.20 bits per heavy atom. The quantitative estimate of drug-likeness (QED) is 0.310. The monoisotopic (exact) mass is 244 g/mol. The predicted octanol–water partition coefficient (Wildman–Crippen LogP) is 4.13. The molecular formula is C9H9F5S. The van der Waals surface area contributed by atoms with Gasteiger partial charge >= 0.3 is 0 Å². The minimum absolute atomic E-state index is 0.462. The highest BCUT2D eigenvalue weighted by atomic mass is 32.2. The third kappa shape index (κ3) is 2.62. The van der Waals surface area contributed by atoms with Gasteiger partial charge in [-0.15, -0.1) is 11.8 Å². The van der Waals surface area contributed by atoms with Crippen LogP contribution in [0.2, 0.25) is 0 Å². The van der Waals surface area contributed by atoms with E-state index in [0.29, 0.717) is 11.8 Å². The van der Waals surface area contributed by atoms with Crippen molar-refractivity contribution in [2.45, 2.75) is 18.7 Å². The van der Waals surface area contributed by atoms with Gasteiger partial charge in [0.25, 0.3) is 0 Å². The Kier molecular flexibility index (Phi) is 5.64. The summed E-state index contributed by atoms with van der Waals surface area (Å²) in [6.07, 6.45) is 1.22. The van der Waals surface area contributed by atoms with Crippen LogP contribution in [-0.2, 0) is 0 Å². The van der Waals surface area contributed by atoms with Gasteiger partial charge in [-0.2, -0.15) is 0 Å². The average Bonchev–Trinajstić information content (AvgIpc) is 2.27. The van der Waals surface area contributed by atoms with Gasteiger partial charge in [0.2, 0.25) is 5.82 Å². The molecule has 0 saturated carbocycles. The molecule has 0 heterocycles. The van der Waals surface area contributed by atoms with Crippen molar-refractivity contribution < 1.29 is 22.0 Å². The minimum atomic E-state index is -2.13. The Labute approximate surface area is 88.5 Å². The summed E-state index contributed by atoms with van der Waals surface area (Å²) in [5, 5.41) is 0. The third-order valence-electron chi connectivity index (χ3n) is 1.37. The van der Waals surface area contributed by atoms with E-state index in [4.69, 9.17) is 0 Å². The fraction of sp³-hybridized carbons (Fsp3) is 0.333. The van der Waals surface area contributed by atoms with Crippen LogP contribution >= 0.6 is 11.8 Å². The molecule has 0 saturated heterocycles. The summed E-state index contributed by atoms with van der Waals surface area (Å²) in [7, 11) is 0. The van der Waals surface area contributed by atoms with Crippen LogP contribution in [0.15, 0.2) is 4.90 Å². The van der Waals surface area contributed by atoms with Crippen LogP contribution in [0.5, 0.6) is 0 Å². The van der Waals surface area contributed by atoms with Crippen LogP contribution in [-0.4, -0.2) is 6.26 Å². The van der Waals surface area contributed by atoms with Gasteiger partial charge < -0.3 is 0 Å².